The Morgan fingerprint density at radius 2 is 2.06 bits per heavy atom. The van der Waals surface area contributed by atoms with Crippen molar-refractivity contribution in [2.75, 3.05) is 30.4 Å². The van der Waals surface area contributed by atoms with E-state index in [0.29, 0.717) is 6.04 Å². The molecule has 0 aliphatic carbocycles. The predicted molar refractivity (Wildman–Crippen MR) is 73.1 cm³/mol. The molecule has 0 saturated carbocycles. The van der Waals surface area contributed by atoms with Crippen LogP contribution in [0.2, 0.25) is 0 Å². The number of aryl methyl sites for hydroxylation is 1. The van der Waals surface area contributed by atoms with E-state index in [-0.39, 0.29) is 0 Å². The van der Waals surface area contributed by atoms with Crippen LogP contribution in [0.1, 0.15) is 31.2 Å². The van der Waals surface area contributed by atoms with Gasteiger partial charge in [-0.1, -0.05) is 0 Å². The summed E-state index contributed by atoms with van der Waals surface area (Å²) >= 11 is 0. The summed E-state index contributed by atoms with van der Waals surface area (Å²) in [6.45, 7) is 8.54. The van der Waals surface area contributed by atoms with E-state index in [9.17, 15) is 0 Å². The first-order chi connectivity index (χ1) is 8.70. The lowest BCUT2D eigenvalue weighted by molar-refractivity contribution is 0.0875. The van der Waals surface area contributed by atoms with Crippen molar-refractivity contribution in [3.05, 3.63) is 11.4 Å². The molecule has 1 aliphatic heterocycles. The Bertz CT molecular complexity index is 402. The van der Waals surface area contributed by atoms with Crippen LogP contribution in [0, 0.1) is 13.8 Å². The molecule has 1 aromatic heterocycles. The smallest absolute Gasteiger partial charge is 0.135 e. The summed E-state index contributed by atoms with van der Waals surface area (Å²) in [4.78, 5) is 8.91. The fourth-order valence-electron chi connectivity index (χ4n) is 2.16. The molecule has 5 nitrogen and oxygen atoms in total. The Kier molecular flexibility index (Phi) is 4.36. The maximum atomic E-state index is 5.48. The minimum atomic E-state index is 0.362. The monoisotopic (exact) mass is 250 g/mol. The zero-order valence-corrected chi connectivity index (χ0v) is 11.4. The first kappa shape index (κ1) is 13.1. The third kappa shape index (κ3) is 3.10. The highest BCUT2D eigenvalue weighted by Crippen LogP contribution is 2.22. The molecule has 0 spiro atoms. The van der Waals surface area contributed by atoms with Crippen LogP contribution in [0.4, 0.5) is 11.6 Å². The van der Waals surface area contributed by atoms with Gasteiger partial charge in [-0.05, 0) is 33.6 Å². The molecule has 0 amide bonds. The van der Waals surface area contributed by atoms with Gasteiger partial charge in [0.15, 0.2) is 0 Å². The lowest BCUT2D eigenvalue weighted by atomic mass is 10.1. The highest BCUT2D eigenvalue weighted by atomic mass is 16.5. The highest BCUT2D eigenvalue weighted by molar-refractivity contribution is 5.57. The minimum Gasteiger partial charge on any atom is -0.379 e. The molecule has 1 aromatic rings. The topological polar surface area (TPSA) is 59.1 Å². The Morgan fingerprint density at radius 3 is 2.72 bits per heavy atom. The van der Waals surface area contributed by atoms with Gasteiger partial charge in [0, 0.05) is 18.7 Å². The molecule has 1 unspecified atom stereocenters. The van der Waals surface area contributed by atoms with E-state index in [0.717, 1.165) is 55.6 Å². The average Bonchev–Trinajstić information content (AvgIpc) is 2.36. The van der Waals surface area contributed by atoms with Gasteiger partial charge >= 0.3 is 0 Å². The van der Waals surface area contributed by atoms with Gasteiger partial charge in [-0.15, -0.1) is 0 Å². The van der Waals surface area contributed by atoms with E-state index >= 15 is 0 Å². The summed E-state index contributed by atoms with van der Waals surface area (Å²) in [6.07, 6.45) is 2.25. The van der Waals surface area contributed by atoms with Gasteiger partial charge in [0.05, 0.1) is 12.6 Å². The molecule has 1 aliphatic rings. The molecule has 0 bridgehead atoms. The molecule has 0 aromatic carbocycles. The molecule has 0 radical (unpaired) electrons. The van der Waals surface area contributed by atoms with Crippen LogP contribution in [0.15, 0.2) is 0 Å². The quantitative estimate of drug-likeness (QED) is 0.857. The molecule has 2 N–H and O–H groups in total. The van der Waals surface area contributed by atoms with Gasteiger partial charge < -0.3 is 15.4 Å². The van der Waals surface area contributed by atoms with Crippen molar-refractivity contribution < 1.29 is 4.74 Å². The van der Waals surface area contributed by atoms with Gasteiger partial charge in [-0.2, -0.15) is 0 Å². The Balaban J connectivity index is 2.15. The molecular formula is C13H22N4O. The lowest BCUT2D eigenvalue weighted by Crippen LogP contribution is -2.31. The second-order valence-corrected chi connectivity index (χ2v) is 4.68. The summed E-state index contributed by atoms with van der Waals surface area (Å²) in [7, 11) is 0. The lowest BCUT2D eigenvalue weighted by Gasteiger charge is -2.25. The van der Waals surface area contributed by atoms with E-state index in [1.807, 2.05) is 13.8 Å². The summed E-state index contributed by atoms with van der Waals surface area (Å²) in [5.41, 5.74) is 1.08. The van der Waals surface area contributed by atoms with Crippen molar-refractivity contribution in [2.45, 2.75) is 39.7 Å². The molecule has 18 heavy (non-hydrogen) atoms. The van der Waals surface area contributed by atoms with Crippen molar-refractivity contribution in [1.29, 1.82) is 0 Å². The van der Waals surface area contributed by atoms with Crippen molar-refractivity contribution in [2.24, 2.45) is 0 Å². The number of ether oxygens (including phenoxy) is 1. The largest absolute Gasteiger partial charge is 0.379 e. The zero-order valence-electron chi connectivity index (χ0n) is 11.4. The van der Waals surface area contributed by atoms with E-state index in [1.54, 1.807) is 0 Å². The molecule has 5 heteroatoms. The Morgan fingerprint density at radius 1 is 1.28 bits per heavy atom. The van der Waals surface area contributed by atoms with Crippen LogP contribution in [-0.2, 0) is 4.74 Å². The average molecular weight is 250 g/mol. The van der Waals surface area contributed by atoms with E-state index in [4.69, 9.17) is 4.74 Å². The molecule has 100 valence electrons. The van der Waals surface area contributed by atoms with E-state index < -0.39 is 0 Å². The fourth-order valence-corrected chi connectivity index (χ4v) is 2.16. The molecule has 1 fully saturated rings. The van der Waals surface area contributed by atoms with E-state index in [2.05, 4.69) is 27.5 Å². The normalized spacial score (nSPS) is 19.6. The number of rotatable bonds is 4. The minimum absolute atomic E-state index is 0.362. The SMILES string of the molecule is CCNc1nc(C)nc(NC2CCCOC2)c1C. The van der Waals surface area contributed by atoms with Crippen LogP contribution < -0.4 is 10.6 Å². The Labute approximate surface area is 108 Å². The maximum absolute atomic E-state index is 5.48. The van der Waals surface area contributed by atoms with Crippen molar-refractivity contribution >= 4 is 11.6 Å². The number of anilines is 2. The second kappa shape index (κ2) is 6.00. The number of nitrogens with one attached hydrogen (secondary N) is 2. The number of hydrogen-bond donors (Lipinski definition) is 2. The summed E-state index contributed by atoms with van der Waals surface area (Å²) in [5.74, 6) is 2.63. The molecule has 1 atom stereocenters. The third-order valence-corrected chi connectivity index (χ3v) is 3.10. The van der Waals surface area contributed by atoms with Crippen LogP contribution in [-0.4, -0.2) is 35.8 Å². The van der Waals surface area contributed by atoms with Crippen LogP contribution in [0.3, 0.4) is 0 Å². The van der Waals surface area contributed by atoms with Crippen LogP contribution in [0.25, 0.3) is 0 Å². The molecule has 2 heterocycles. The summed E-state index contributed by atoms with van der Waals surface area (Å²) < 4.78 is 5.48. The van der Waals surface area contributed by atoms with Gasteiger partial charge in [0.1, 0.15) is 17.5 Å². The molecule has 2 rings (SSSR count). The first-order valence-corrected chi connectivity index (χ1v) is 6.64. The van der Waals surface area contributed by atoms with Gasteiger partial charge in [0.2, 0.25) is 0 Å². The highest BCUT2D eigenvalue weighted by Gasteiger charge is 2.16. The summed E-state index contributed by atoms with van der Waals surface area (Å²) in [6, 6.07) is 0.362. The van der Waals surface area contributed by atoms with Crippen molar-refractivity contribution in [3.63, 3.8) is 0 Å². The predicted octanol–water partition coefficient (Wildman–Crippen LogP) is 2.12. The number of aromatic nitrogens is 2. The third-order valence-electron chi connectivity index (χ3n) is 3.10. The molecular weight excluding hydrogens is 228 g/mol. The van der Waals surface area contributed by atoms with Crippen LogP contribution in [0.5, 0.6) is 0 Å². The number of nitrogens with zero attached hydrogens (tertiary/aromatic N) is 2. The standard InChI is InChI=1S/C13H22N4O/c1-4-14-12-9(2)13(16-10(3)15-12)17-11-6-5-7-18-8-11/h11H,4-8H2,1-3H3,(H2,14,15,16,17). The fraction of sp³-hybridized carbons (Fsp3) is 0.692. The van der Waals surface area contributed by atoms with Gasteiger partial charge in [-0.3, -0.25) is 0 Å². The number of hydrogen-bond acceptors (Lipinski definition) is 5. The van der Waals surface area contributed by atoms with Crippen molar-refractivity contribution in [3.8, 4) is 0 Å². The molecule has 1 saturated heterocycles. The van der Waals surface area contributed by atoms with Crippen molar-refractivity contribution in [1.82, 2.24) is 9.97 Å². The Hall–Kier alpha value is -1.36. The second-order valence-electron chi connectivity index (χ2n) is 4.68. The van der Waals surface area contributed by atoms with E-state index in [1.165, 1.54) is 0 Å². The first-order valence-electron chi connectivity index (χ1n) is 6.64. The summed E-state index contributed by atoms with van der Waals surface area (Å²) in [5, 5.41) is 6.74. The maximum Gasteiger partial charge on any atom is 0.135 e. The van der Waals surface area contributed by atoms with Gasteiger partial charge in [0.25, 0.3) is 0 Å². The van der Waals surface area contributed by atoms with Gasteiger partial charge in [-0.25, -0.2) is 9.97 Å². The van der Waals surface area contributed by atoms with Crippen LogP contribution >= 0.6 is 0 Å². The zero-order chi connectivity index (χ0) is 13.0.